The summed E-state index contributed by atoms with van der Waals surface area (Å²) in [4.78, 5) is 49.8. The molecule has 362 valence electrons. The molecule has 1 aromatic heterocycles. The minimum absolute atomic E-state index is 0.00523. The number of H-pyrrole nitrogens is 1. The average Bonchev–Trinajstić information content (AvgIpc) is 3.82. The maximum absolute atomic E-state index is 15.1. The summed E-state index contributed by atoms with van der Waals surface area (Å²) < 4.78 is 253. The van der Waals surface area contributed by atoms with Crippen LogP contribution in [-0.2, 0) is 23.8 Å². The summed E-state index contributed by atoms with van der Waals surface area (Å²) >= 11 is 1.53. The molecule has 1 aromatic rings. The van der Waals surface area contributed by atoms with E-state index in [4.69, 9.17) is 14.2 Å². The van der Waals surface area contributed by atoms with Gasteiger partial charge in [-0.2, -0.15) is 86.4 Å². The standard InChI is InChI=1S/C32H35F17N4O9S/c33-25(34,27(37,38)29(41,42)31(45,46)47)26(35,36)28(39,40)30(43,44)32(48,49)52-13(11-61-20(57)4-2-1-3-17-14-9-19(56)50-15(14)12-63-17)6-8-60-22-21(58)16(10-54)62-23(22)53-7-5-18(55)51-24(53)59/h5,7,13-17,21-23,52,54,58H,1-4,6,8-12H2,(H,50,56)(H,51,55,59)/t13-,14-,15-,16?,17-,21?,22?,23?/m0/s1. The molecule has 3 aliphatic rings. The van der Waals surface area contributed by atoms with E-state index in [1.165, 1.54) is 11.8 Å². The fourth-order valence-electron chi connectivity index (χ4n) is 6.77. The Kier molecular flexibility index (Phi) is 15.3. The van der Waals surface area contributed by atoms with E-state index in [1.807, 2.05) is 0 Å². The minimum Gasteiger partial charge on any atom is -0.464 e. The van der Waals surface area contributed by atoms with Crippen molar-refractivity contribution in [2.24, 2.45) is 5.92 Å². The summed E-state index contributed by atoms with van der Waals surface area (Å²) in [6.45, 7) is -3.88. The number of nitrogens with one attached hydrogen (secondary N) is 3. The van der Waals surface area contributed by atoms with Crippen molar-refractivity contribution >= 4 is 23.6 Å². The van der Waals surface area contributed by atoms with Gasteiger partial charge in [-0.25, -0.2) is 10.1 Å². The molecular formula is C32H35F17N4O9S. The summed E-state index contributed by atoms with van der Waals surface area (Å²) in [5.41, 5.74) is -2.20. The normalized spacial score (nSPS) is 25.9. The molecule has 13 nitrogen and oxygen atoms in total. The number of aromatic amines is 1. The van der Waals surface area contributed by atoms with Crippen LogP contribution in [0.2, 0.25) is 0 Å². The summed E-state index contributed by atoms with van der Waals surface area (Å²) in [7, 11) is 0. The van der Waals surface area contributed by atoms with Crippen LogP contribution in [0.4, 0.5) is 74.6 Å². The highest BCUT2D eigenvalue weighted by Gasteiger charge is 2.95. The monoisotopic (exact) mass is 974 g/mol. The third-order valence-electron chi connectivity index (χ3n) is 10.3. The van der Waals surface area contributed by atoms with Crippen molar-refractivity contribution in [1.82, 2.24) is 20.2 Å². The van der Waals surface area contributed by atoms with E-state index in [1.54, 1.807) is 4.98 Å². The quantitative estimate of drug-likeness (QED) is 0.0516. The number of carbonyl (C=O) groups is 2. The van der Waals surface area contributed by atoms with E-state index in [-0.39, 0.29) is 47.7 Å². The van der Waals surface area contributed by atoms with Crippen LogP contribution in [0, 0.1) is 5.92 Å². The Morgan fingerprint density at radius 3 is 2.05 bits per heavy atom. The zero-order chi connectivity index (χ0) is 47.9. The van der Waals surface area contributed by atoms with Crippen LogP contribution in [0.25, 0.3) is 0 Å². The second kappa shape index (κ2) is 18.5. The summed E-state index contributed by atoms with van der Waals surface area (Å²) in [5, 5.41) is 23.2. The van der Waals surface area contributed by atoms with Crippen molar-refractivity contribution in [2.75, 3.05) is 25.6 Å². The number of carbonyl (C=O) groups excluding carboxylic acids is 2. The maximum atomic E-state index is 15.1. The Hall–Kier alpha value is -3.42. The highest BCUT2D eigenvalue weighted by molar-refractivity contribution is 8.00. The lowest BCUT2D eigenvalue weighted by Crippen LogP contribution is -2.76. The second-order valence-corrected chi connectivity index (χ2v) is 15.9. The molecule has 0 spiro atoms. The summed E-state index contributed by atoms with van der Waals surface area (Å²) in [6, 6.07) is -9.19. The van der Waals surface area contributed by atoms with E-state index >= 15 is 8.78 Å². The Balaban J connectivity index is 1.54. The van der Waals surface area contributed by atoms with Gasteiger partial charge in [-0.15, -0.1) is 0 Å². The van der Waals surface area contributed by atoms with Gasteiger partial charge in [-0.3, -0.25) is 23.9 Å². The molecule has 0 saturated carbocycles. The molecule has 0 bridgehead atoms. The molecule has 1 amide bonds. The van der Waals surface area contributed by atoms with Crippen LogP contribution in [0.5, 0.6) is 0 Å². The fraction of sp³-hybridized carbons (Fsp3) is 0.812. The molecule has 3 saturated heterocycles. The van der Waals surface area contributed by atoms with E-state index in [0.29, 0.717) is 16.7 Å². The molecule has 8 atom stereocenters. The number of alkyl halides is 17. The largest absolute Gasteiger partial charge is 0.464 e. The predicted molar refractivity (Wildman–Crippen MR) is 176 cm³/mol. The van der Waals surface area contributed by atoms with Gasteiger partial charge in [-0.1, -0.05) is 6.42 Å². The smallest absolute Gasteiger partial charge is 0.460 e. The van der Waals surface area contributed by atoms with E-state index in [2.05, 4.69) is 5.32 Å². The van der Waals surface area contributed by atoms with Gasteiger partial charge in [0.05, 0.1) is 6.61 Å². The molecule has 3 fully saturated rings. The average molecular weight is 975 g/mol. The molecular weight excluding hydrogens is 939 g/mol. The zero-order valence-electron chi connectivity index (χ0n) is 31.4. The SMILES string of the molecule is O=C1C[C@H]2[C@H](CS[C@H]2CCCCC(=O)OC[C@H](CCOC2C(O)C(CO)OC2n2ccc(=O)[nH]c2=O)NC(F)(F)C(F)(F)C(F)(F)C(F)(F)C(F)(F)C(F)(F)C(F)(F)C(F)(F)F)N1. The van der Waals surface area contributed by atoms with Gasteiger partial charge in [0.15, 0.2) is 6.23 Å². The number of aliphatic hydroxyl groups excluding tert-OH is 2. The first-order valence-corrected chi connectivity index (χ1v) is 19.2. The predicted octanol–water partition coefficient (Wildman–Crippen LogP) is 4.21. The minimum atomic E-state index is -8.85. The van der Waals surface area contributed by atoms with Gasteiger partial charge in [0.2, 0.25) is 5.91 Å². The second-order valence-electron chi connectivity index (χ2n) is 14.6. The molecule has 0 aliphatic carbocycles. The Bertz CT molecular complexity index is 1900. The number of aliphatic hydroxyl groups is 2. The van der Waals surface area contributed by atoms with Gasteiger partial charge in [-0.05, 0) is 19.3 Å². The molecule has 4 unspecified atom stereocenters. The highest BCUT2D eigenvalue weighted by Crippen LogP contribution is 2.63. The van der Waals surface area contributed by atoms with Gasteiger partial charge >= 0.3 is 59.4 Å². The Morgan fingerprint density at radius 2 is 1.48 bits per heavy atom. The molecule has 31 heteroatoms. The van der Waals surface area contributed by atoms with Crippen molar-refractivity contribution in [2.45, 2.75) is 128 Å². The van der Waals surface area contributed by atoms with E-state index in [9.17, 15) is 95.2 Å². The first kappa shape index (κ1) is 52.2. The number of hydrogen-bond donors (Lipinski definition) is 5. The number of aromatic nitrogens is 2. The first-order valence-electron chi connectivity index (χ1n) is 18.1. The van der Waals surface area contributed by atoms with Crippen molar-refractivity contribution in [3.8, 4) is 0 Å². The van der Waals surface area contributed by atoms with Gasteiger partial charge in [0.25, 0.3) is 5.56 Å². The number of amides is 1. The van der Waals surface area contributed by atoms with Crippen LogP contribution < -0.4 is 21.9 Å². The number of thioether (sulfide) groups is 1. The number of fused-ring (bicyclic) bond motifs is 1. The molecule has 3 aliphatic heterocycles. The number of unbranched alkanes of at least 4 members (excludes halogenated alkanes) is 1. The van der Waals surface area contributed by atoms with Crippen LogP contribution >= 0.6 is 11.8 Å². The van der Waals surface area contributed by atoms with Crippen LogP contribution in [0.1, 0.15) is 44.8 Å². The van der Waals surface area contributed by atoms with Gasteiger partial charge in [0, 0.05) is 60.7 Å². The Labute approximate surface area is 345 Å². The zero-order valence-corrected chi connectivity index (χ0v) is 32.2. The third-order valence-corrected chi connectivity index (χ3v) is 11.9. The maximum Gasteiger partial charge on any atom is 0.460 e. The van der Waals surface area contributed by atoms with E-state index < -0.39 is 128 Å². The lowest BCUT2D eigenvalue weighted by atomic mass is 9.90. The number of nitrogens with zero attached hydrogens (tertiary/aromatic N) is 1. The molecule has 4 rings (SSSR count). The molecule has 0 radical (unpaired) electrons. The number of rotatable bonds is 21. The van der Waals surface area contributed by atoms with Gasteiger partial charge < -0.3 is 29.7 Å². The number of hydrogen-bond acceptors (Lipinski definition) is 11. The van der Waals surface area contributed by atoms with Crippen molar-refractivity contribution in [3.05, 3.63) is 33.1 Å². The van der Waals surface area contributed by atoms with Crippen LogP contribution in [0.3, 0.4) is 0 Å². The van der Waals surface area contributed by atoms with Crippen molar-refractivity contribution in [3.63, 3.8) is 0 Å². The number of ether oxygens (including phenoxy) is 3. The van der Waals surface area contributed by atoms with Gasteiger partial charge in [0.1, 0.15) is 24.9 Å². The molecule has 5 N–H and O–H groups in total. The summed E-state index contributed by atoms with van der Waals surface area (Å²) in [6.07, 6.45) is -15.3. The fourth-order valence-corrected chi connectivity index (χ4v) is 8.42. The molecule has 63 heavy (non-hydrogen) atoms. The number of esters is 1. The number of halogens is 17. The molecule has 4 heterocycles. The first-order chi connectivity index (χ1) is 28.7. The summed E-state index contributed by atoms with van der Waals surface area (Å²) in [5.74, 6) is -52.3. The van der Waals surface area contributed by atoms with E-state index in [0.717, 1.165) is 12.3 Å². The lowest BCUT2D eigenvalue weighted by Gasteiger charge is -2.43. The van der Waals surface area contributed by atoms with Crippen molar-refractivity contribution < 1.29 is 109 Å². The Morgan fingerprint density at radius 1 is 0.889 bits per heavy atom. The van der Waals surface area contributed by atoms with Crippen LogP contribution in [-0.4, -0.2) is 141 Å². The topological polar surface area (TPSA) is 181 Å². The van der Waals surface area contributed by atoms with Crippen molar-refractivity contribution in [1.29, 1.82) is 0 Å². The third kappa shape index (κ3) is 9.77. The lowest BCUT2D eigenvalue weighted by molar-refractivity contribution is -0.463. The molecule has 0 aromatic carbocycles. The highest BCUT2D eigenvalue weighted by atomic mass is 32.2. The van der Waals surface area contributed by atoms with Crippen LogP contribution in [0.15, 0.2) is 21.9 Å².